The van der Waals surface area contributed by atoms with E-state index in [2.05, 4.69) is 5.32 Å². The molecule has 0 saturated heterocycles. The molecule has 0 aliphatic rings. The third-order valence-corrected chi connectivity index (χ3v) is 3.67. The van der Waals surface area contributed by atoms with Crippen molar-refractivity contribution in [2.45, 2.75) is 39.8 Å². The van der Waals surface area contributed by atoms with Gasteiger partial charge in [0.15, 0.2) is 0 Å². The third-order valence-electron chi connectivity index (χ3n) is 3.40. The molecule has 0 radical (unpaired) electrons. The molecule has 0 fully saturated rings. The average Bonchev–Trinajstić information content (AvgIpc) is 2.49. The van der Waals surface area contributed by atoms with Gasteiger partial charge in [0.2, 0.25) is 0 Å². The number of pyridine rings is 1. The van der Waals surface area contributed by atoms with Gasteiger partial charge in [-0.2, -0.15) is 0 Å². The van der Waals surface area contributed by atoms with E-state index in [1.54, 1.807) is 27.7 Å². The lowest BCUT2D eigenvalue weighted by molar-refractivity contribution is 0.0636. The molecule has 26 heavy (non-hydrogen) atoms. The molecule has 2 aromatic rings. The van der Waals surface area contributed by atoms with Gasteiger partial charge in [0.05, 0.1) is 16.9 Å². The highest BCUT2D eigenvalue weighted by molar-refractivity contribution is 6.30. The second-order valence-corrected chi connectivity index (χ2v) is 6.93. The summed E-state index contributed by atoms with van der Waals surface area (Å²) in [6, 6.07) is 4.49. The molecule has 1 heterocycles. The summed E-state index contributed by atoms with van der Waals surface area (Å²) >= 11 is 5.94. The molecule has 1 N–H and O–H groups in total. The zero-order valence-electron chi connectivity index (χ0n) is 14.8. The normalized spacial score (nSPS) is 11.3. The molecule has 0 aliphatic carbocycles. The van der Waals surface area contributed by atoms with Crippen molar-refractivity contribution in [2.75, 3.05) is 5.32 Å². The van der Waals surface area contributed by atoms with Crippen molar-refractivity contribution in [3.63, 3.8) is 0 Å². The topological polar surface area (TPSA) is 60.3 Å². The molecule has 1 amide bonds. The summed E-state index contributed by atoms with van der Waals surface area (Å²) in [5.41, 5.74) is -2.00. The number of anilines is 1. The first-order chi connectivity index (χ1) is 12.0. The fourth-order valence-electron chi connectivity index (χ4n) is 2.44. The largest absolute Gasteiger partial charge is 0.444 e. The van der Waals surface area contributed by atoms with Crippen molar-refractivity contribution in [1.82, 2.24) is 4.57 Å². The van der Waals surface area contributed by atoms with E-state index in [0.717, 1.165) is 22.8 Å². The van der Waals surface area contributed by atoms with E-state index in [4.69, 9.17) is 16.3 Å². The van der Waals surface area contributed by atoms with E-state index in [-0.39, 0.29) is 22.9 Å². The molecule has 0 aliphatic heterocycles. The van der Waals surface area contributed by atoms with Crippen molar-refractivity contribution in [3.05, 3.63) is 51.3 Å². The highest BCUT2D eigenvalue weighted by Crippen LogP contribution is 2.33. The highest BCUT2D eigenvalue weighted by Gasteiger charge is 2.24. The minimum absolute atomic E-state index is 0.0327. The van der Waals surface area contributed by atoms with E-state index in [1.807, 2.05) is 0 Å². The smallest absolute Gasteiger partial charge is 0.412 e. The Morgan fingerprint density at radius 3 is 2.35 bits per heavy atom. The van der Waals surface area contributed by atoms with Crippen molar-refractivity contribution in [3.8, 4) is 11.3 Å². The van der Waals surface area contributed by atoms with Gasteiger partial charge >= 0.3 is 6.09 Å². The number of nitrogens with zero attached hydrogens (tertiary/aromatic N) is 1. The predicted molar refractivity (Wildman–Crippen MR) is 96.6 cm³/mol. The van der Waals surface area contributed by atoms with Gasteiger partial charge in [0, 0.05) is 6.54 Å². The Balaban J connectivity index is 2.71. The van der Waals surface area contributed by atoms with Crippen LogP contribution in [0.3, 0.4) is 0 Å². The van der Waals surface area contributed by atoms with Crippen LogP contribution < -0.4 is 10.9 Å². The highest BCUT2D eigenvalue weighted by atomic mass is 35.5. The number of ether oxygens (including phenoxy) is 1. The monoisotopic (exact) mass is 384 g/mol. The van der Waals surface area contributed by atoms with Crippen molar-refractivity contribution >= 4 is 23.4 Å². The van der Waals surface area contributed by atoms with E-state index < -0.39 is 34.5 Å². The van der Waals surface area contributed by atoms with Crippen LogP contribution in [0.2, 0.25) is 5.02 Å². The minimum atomic E-state index is -0.874. The predicted octanol–water partition coefficient (Wildman–Crippen LogP) is 4.81. The molecule has 0 atom stereocenters. The molecule has 0 saturated carbocycles. The first-order valence-electron chi connectivity index (χ1n) is 7.93. The van der Waals surface area contributed by atoms with Gasteiger partial charge in [-0.1, -0.05) is 17.7 Å². The van der Waals surface area contributed by atoms with Gasteiger partial charge in [-0.05, 0) is 45.9 Å². The van der Waals surface area contributed by atoms with Gasteiger partial charge in [0.25, 0.3) is 5.56 Å². The molecule has 2 rings (SSSR count). The average molecular weight is 385 g/mol. The summed E-state index contributed by atoms with van der Waals surface area (Å²) in [5.74, 6) is -1.75. The van der Waals surface area contributed by atoms with Crippen LogP contribution in [-0.4, -0.2) is 16.3 Å². The Kier molecular flexibility index (Phi) is 5.71. The Labute approximate surface area is 154 Å². The van der Waals surface area contributed by atoms with Crippen molar-refractivity contribution < 1.29 is 18.3 Å². The lowest BCUT2D eigenvalue weighted by atomic mass is 10.1. The SMILES string of the molecule is CCn1c(-c2c(F)cccc2F)c(NC(=O)OC(C)(C)C)cc(Cl)c1=O. The Morgan fingerprint density at radius 1 is 1.27 bits per heavy atom. The lowest BCUT2D eigenvalue weighted by Crippen LogP contribution is -2.29. The maximum absolute atomic E-state index is 14.3. The molecule has 8 heteroatoms. The van der Waals surface area contributed by atoms with Crippen LogP contribution in [-0.2, 0) is 11.3 Å². The standard InChI is InChI=1S/C18H19ClF2N2O3/c1-5-23-15(14-11(20)7-6-8-12(14)21)13(9-10(19)16(23)24)22-17(25)26-18(2,3)4/h6-9H,5H2,1-4H3,(H,22,25). The Hall–Kier alpha value is -2.41. The third kappa shape index (κ3) is 4.22. The van der Waals surface area contributed by atoms with Crippen molar-refractivity contribution in [1.29, 1.82) is 0 Å². The fraction of sp³-hybridized carbons (Fsp3) is 0.333. The maximum atomic E-state index is 14.3. The number of amides is 1. The molecule has 1 aromatic heterocycles. The van der Waals surface area contributed by atoms with Crippen LogP contribution in [0.15, 0.2) is 29.1 Å². The minimum Gasteiger partial charge on any atom is -0.444 e. The molecule has 140 valence electrons. The quantitative estimate of drug-likeness (QED) is 0.825. The van der Waals surface area contributed by atoms with E-state index in [0.29, 0.717) is 0 Å². The van der Waals surface area contributed by atoms with Crippen molar-refractivity contribution in [2.24, 2.45) is 0 Å². The number of benzene rings is 1. The Bertz CT molecular complexity index is 884. The number of halogens is 3. The van der Waals surface area contributed by atoms with Crippen LogP contribution in [0.1, 0.15) is 27.7 Å². The van der Waals surface area contributed by atoms with Crippen LogP contribution in [0.4, 0.5) is 19.3 Å². The van der Waals surface area contributed by atoms with Gasteiger partial charge in [-0.15, -0.1) is 0 Å². The number of carbonyl (C=O) groups excluding carboxylic acids is 1. The summed E-state index contributed by atoms with van der Waals surface area (Å²) in [5, 5.41) is 2.23. The maximum Gasteiger partial charge on any atom is 0.412 e. The number of nitrogens with one attached hydrogen (secondary N) is 1. The lowest BCUT2D eigenvalue weighted by Gasteiger charge is -2.22. The van der Waals surface area contributed by atoms with Crippen LogP contribution in [0.5, 0.6) is 0 Å². The van der Waals surface area contributed by atoms with Gasteiger partial charge in [-0.25, -0.2) is 13.6 Å². The summed E-state index contributed by atoms with van der Waals surface area (Å²) in [4.78, 5) is 24.5. The summed E-state index contributed by atoms with van der Waals surface area (Å²) in [7, 11) is 0. The number of hydrogen-bond donors (Lipinski definition) is 1. The number of aromatic nitrogens is 1. The molecule has 0 spiro atoms. The fourth-order valence-corrected chi connectivity index (χ4v) is 2.65. The van der Waals surface area contributed by atoms with Crippen LogP contribution in [0.25, 0.3) is 11.3 Å². The van der Waals surface area contributed by atoms with E-state index in [9.17, 15) is 18.4 Å². The zero-order valence-corrected chi connectivity index (χ0v) is 15.6. The summed E-state index contributed by atoms with van der Waals surface area (Å²) in [6.07, 6.45) is -0.840. The van der Waals surface area contributed by atoms with Gasteiger partial charge in [-0.3, -0.25) is 10.1 Å². The second kappa shape index (κ2) is 7.45. The zero-order chi connectivity index (χ0) is 19.6. The van der Waals surface area contributed by atoms with E-state index in [1.165, 1.54) is 6.07 Å². The first kappa shape index (κ1) is 19.9. The Morgan fingerprint density at radius 2 is 1.85 bits per heavy atom. The van der Waals surface area contributed by atoms with Crippen LogP contribution >= 0.6 is 11.6 Å². The van der Waals surface area contributed by atoms with Crippen LogP contribution in [0, 0.1) is 11.6 Å². The number of rotatable bonds is 3. The van der Waals surface area contributed by atoms with Gasteiger partial charge < -0.3 is 9.30 Å². The molecule has 0 bridgehead atoms. The summed E-state index contributed by atoms with van der Waals surface area (Å²) < 4.78 is 34.9. The first-order valence-corrected chi connectivity index (χ1v) is 8.30. The second-order valence-electron chi connectivity index (χ2n) is 6.53. The van der Waals surface area contributed by atoms with Gasteiger partial charge in [0.1, 0.15) is 22.3 Å². The molecule has 5 nitrogen and oxygen atoms in total. The number of hydrogen-bond acceptors (Lipinski definition) is 3. The summed E-state index contributed by atoms with van der Waals surface area (Å²) in [6.45, 7) is 6.72. The number of carbonyl (C=O) groups is 1. The molecule has 0 unspecified atom stereocenters. The molecular weight excluding hydrogens is 366 g/mol. The van der Waals surface area contributed by atoms with E-state index >= 15 is 0 Å². The molecular formula is C18H19ClF2N2O3. The molecule has 1 aromatic carbocycles.